The molecule has 0 rings (SSSR count). The Morgan fingerprint density at radius 2 is 1.30 bits per heavy atom. The molecule has 0 unspecified atom stereocenters. The van der Waals surface area contributed by atoms with Gasteiger partial charge in [-0.15, -0.1) is 0 Å². The van der Waals surface area contributed by atoms with Crippen molar-refractivity contribution in [3.8, 4) is 0 Å². The van der Waals surface area contributed by atoms with E-state index in [9.17, 15) is 0 Å². The van der Waals surface area contributed by atoms with E-state index in [1.54, 1.807) is 0 Å². The van der Waals surface area contributed by atoms with Crippen LogP contribution in [0.5, 0.6) is 0 Å². The van der Waals surface area contributed by atoms with Crippen LogP contribution < -0.4 is 0 Å². The molecule has 0 spiro atoms. The number of hydrogen-bond acceptors (Lipinski definition) is 5. The van der Waals surface area contributed by atoms with Crippen LogP contribution >= 0.6 is 0 Å². The summed E-state index contributed by atoms with van der Waals surface area (Å²) in [5.41, 5.74) is 0. The molecule has 0 saturated heterocycles. The van der Waals surface area contributed by atoms with Crippen LogP contribution in [-0.4, -0.2) is 56.0 Å². The Labute approximate surface area is 150 Å². The minimum atomic E-state index is -0.862. The van der Waals surface area contributed by atoms with Crippen LogP contribution in [0, 0.1) is 0 Å². The van der Waals surface area contributed by atoms with Gasteiger partial charge in [0.2, 0.25) is 0 Å². The van der Waals surface area contributed by atoms with Crippen LogP contribution in [0.4, 0.5) is 0 Å². The van der Waals surface area contributed by atoms with Crippen molar-refractivity contribution < 1.29 is 22.4 Å². The van der Waals surface area contributed by atoms with Gasteiger partial charge in [-0.1, -0.05) is 40.0 Å². The summed E-state index contributed by atoms with van der Waals surface area (Å²) in [6, 6.07) is 1.00. The van der Waals surface area contributed by atoms with E-state index in [0.29, 0.717) is 19.8 Å². The van der Waals surface area contributed by atoms with Crippen molar-refractivity contribution in [2.24, 2.45) is 0 Å². The normalized spacial score (nSPS) is 13.2. The lowest BCUT2D eigenvalue weighted by molar-refractivity contribution is -0.382. The van der Waals surface area contributed by atoms with E-state index in [-0.39, 0.29) is 0 Å². The van der Waals surface area contributed by atoms with Crippen molar-refractivity contribution in [1.29, 1.82) is 0 Å². The molecule has 0 aromatic heterocycles. The molecule has 0 saturated carbocycles. The van der Waals surface area contributed by atoms with Gasteiger partial charge in [0.1, 0.15) is 20.2 Å². The quantitative estimate of drug-likeness (QED) is 0.203. The van der Waals surface area contributed by atoms with Crippen molar-refractivity contribution in [3.63, 3.8) is 0 Å². The van der Waals surface area contributed by atoms with Crippen LogP contribution in [0.3, 0.4) is 0 Å². The molecule has 0 aliphatic rings. The van der Waals surface area contributed by atoms with Crippen molar-refractivity contribution in [1.82, 2.24) is 0 Å². The lowest BCUT2D eigenvalue weighted by atomic mass is 10.3. The van der Waals surface area contributed by atoms with Gasteiger partial charge >= 0.3 is 0 Å². The third-order valence-electron chi connectivity index (χ3n) is 3.43. The second-order valence-electron chi connectivity index (χ2n) is 5.71. The summed E-state index contributed by atoms with van der Waals surface area (Å²) in [5.74, 6) is -0.862. The van der Waals surface area contributed by atoms with Crippen LogP contribution in [0.25, 0.3) is 0 Å². The second-order valence-corrected chi connectivity index (χ2v) is 11.0. The highest BCUT2D eigenvalue weighted by molar-refractivity contribution is 6.41. The maximum absolute atomic E-state index is 6.08. The van der Waals surface area contributed by atoms with E-state index in [1.807, 2.05) is 0 Å². The number of unbranched alkanes of at least 4 members (excludes halogenated alkanes) is 3. The van der Waals surface area contributed by atoms with Crippen LogP contribution in [0.2, 0.25) is 6.04 Å². The minimum Gasteiger partial charge on any atom is -0.449 e. The molecule has 0 amide bonds. The smallest absolute Gasteiger partial charge is 0.282 e. The molecule has 23 heavy (non-hydrogen) atoms. The van der Waals surface area contributed by atoms with Gasteiger partial charge in [-0.3, -0.25) is 0 Å². The first-order valence-electron chi connectivity index (χ1n) is 9.23. The Kier molecular flexibility index (Phi) is 17.6. The summed E-state index contributed by atoms with van der Waals surface area (Å²) in [7, 11) is -0.458. The molecule has 0 aromatic carbocycles. The third-order valence-corrected chi connectivity index (χ3v) is 6.84. The molecule has 0 aromatic rings. The third kappa shape index (κ3) is 13.4. The lowest BCUT2D eigenvalue weighted by Crippen LogP contribution is -2.40. The summed E-state index contributed by atoms with van der Waals surface area (Å²) >= 11 is 0. The summed E-state index contributed by atoms with van der Waals surface area (Å²) < 4.78 is 29.1. The zero-order chi connectivity index (χ0) is 17.2. The summed E-state index contributed by atoms with van der Waals surface area (Å²) in [5, 5.41) is 0. The van der Waals surface area contributed by atoms with E-state index < -0.39 is 25.7 Å². The molecule has 8 heteroatoms. The van der Waals surface area contributed by atoms with E-state index in [1.165, 1.54) is 0 Å². The second kappa shape index (κ2) is 17.3. The molecule has 0 N–H and O–H groups in total. The van der Waals surface area contributed by atoms with Gasteiger partial charge in [0.15, 0.2) is 0 Å². The highest BCUT2D eigenvalue weighted by Crippen LogP contribution is 2.24. The van der Waals surface area contributed by atoms with Gasteiger partial charge < -0.3 is 22.4 Å². The van der Waals surface area contributed by atoms with Crippen LogP contribution in [-0.2, 0) is 22.4 Å². The maximum Gasteiger partial charge on any atom is 0.282 e. The highest BCUT2D eigenvalue weighted by Gasteiger charge is 2.33. The van der Waals surface area contributed by atoms with Gasteiger partial charge in [0.05, 0.1) is 19.8 Å². The van der Waals surface area contributed by atoms with Gasteiger partial charge in [-0.2, -0.15) is 0 Å². The fourth-order valence-corrected chi connectivity index (χ4v) is 6.02. The first-order valence-corrected chi connectivity index (χ1v) is 12.8. The van der Waals surface area contributed by atoms with E-state index >= 15 is 0 Å². The molecule has 0 fully saturated rings. The predicted molar refractivity (Wildman–Crippen MR) is 104 cm³/mol. The predicted octanol–water partition coefficient (Wildman–Crippen LogP) is 1.29. The Morgan fingerprint density at radius 1 is 0.826 bits per heavy atom. The van der Waals surface area contributed by atoms with E-state index in [0.717, 1.165) is 61.5 Å². The first-order chi connectivity index (χ1) is 11.2. The molecule has 0 aliphatic carbocycles. The lowest BCUT2D eigenvalue weighted by Gasteiger charge is -2.33. The Bertz CT molecular complexity index is 221. The van der Waals surface area contributed by atoms with Gasteiger partial charge in [-0.25, -0.2) is 0 Å². The van der Waals surface area contributed by atoms with Crippen LogP contribution in [0.1, 0.15) is 65.7 Å². The summed E-state index contributed by atoms with van der Waals surface area (Å²) in [4.78, 5) is 0. The molecule has 0 bridgehead atoms. The topological polar surface area (TPSA) is 46.2 Å². The Morgan fingerprint density at radius 3 is 1.70 bits per heavy atom. The molecule has 0 heterocycles. The van der Waals surface area contributed by atoms with E-state index in [4.69, 9.17) is 22.4 Å². The monoisotopic (exact) mass is 382 g/mol. The van der Waals surface area contributed by atoms with E-state index in [2.05, 4.69) is 20.8 Å². The largest absolute Gasteiger partial charge is 0.449 e. The SMILES string of the molecule is CCCCOC(CC[SiH2]O[SiH2]O[SiH3])(OCCCC)OCCCC. The molecule has 5 nitrogen and oxygen atoms in total. The average molecular weight is 383 g/mol. The first kappa shape index (κ1) is 23.5. The number of ether oxygens (including phenoxy) is 3. The van der Waals surface area contributed by atoms with Gasteiger partial charge in [0, 0.05) is 6.42 Å². The molecular weight excluding hydrogens is 344 g/mol. The maximum atomic E-state index is 6.08. The number of rotatable bonds is 18. The summed E-state index contributed by atoms with van der Waals surface area (Å²) in [6.07, 6.45) is 7.21. The van der Waals surface area contributed by atoms with Crippen molar-refractivity contribution in [2.45, 2.75) is 77.7 Å². The summed E-state index contributed by atoms with van der Waals surface area (Å²) in [6.45, 7) is 8.57. The zero-order valence-electron chi connectivity index (χ0n) is 15.7. The van der Waals surface area contributed by atoms with Gasteiger partial charge in [0.25, 0.3) is 16.0 Å². The Hall–Kier alpha value is 0.451. The zero-order valence-corrected chi connectivity index (χ0v) is 20.6. The molecular formula is C15H38O5Si3. The molecule has 0 aliphatic heterocycles. The van der Waals surface area contributed by atoms with Crippen LogP contribution in [0.15, 0.2) is 0 Å². The van der Waals surface area contributed by atoms with Crippen molar-refractivity contribution in [3.05, 3.63) is 0 Å². The van der Waals surface area contributed by atoms with Crippen molar-refractivity contribution >= 4 is 30.3 Å². The molecule has 0 atom stereocenters. The van der Waals surface area contributed by atoms with Crippen molar-refractivity contribution in [2.75, 3.05) is 19.8 Å². The minimum absolute atomic E-state index is 0.546. The average Bonchev–Trinajstić information content (AvgIpc) is 2.55. The van der Waals surface area contributed by atoms with Gasteiger partial charge in [-0.05, 0) is 25.3 Å². The number of hydrogen-bond donors (Lipinski definition) is 0. The Balaban J connectivity index is 4.52. The molecule has 140 valence electrons. The highest BCUT2D eigenvalue weighted by atomic mass is 28.3. The standard InChI is InChI=1S/C15H38O5Si3/c1-4-7-11-16-15(17-12-8-5-2,18-13-9-6-3)10-14-22-20-23-19-21/h4-14,22-23H2,1-3,21H3. The fraction of sp³-hybridized carbons (Fsp3) is 1.00. The molecule has 0 radical (unpaired) electrons. The fourth-order valence-electron chi connectivity index (χ4n) is 1.99.